The zero-order valence-electron chi connectivity index (χ0n) is 7.80. The lowest BCUT2D eigenvalue weighted by molar-refractivity contribution is 0.0838. The molecule has 0 bridgehead atoms. The summed E-state index contributed by atoms with van der Waals surface area (Å²) in [7, 11) is 0. The minimum Gasteiger partial charge on any atom is -0.381 e. The summed E-state index contributed by atoms with van der Waals surface area (Å²) < 4.78 is 31.9. The normalized spacial score (nSPS) is 18.4. The Hall–Kier alpha value is -0.960. The fourth-order valence-electron chi connectivity index (χ4n) is 1.89. The Balaban J connectivity index is 2.29. The standard InChI is InChI=1S/C11H12F2O/c12-9-2-1-3-10(13)11(9)8-4-6-14-7-5-8/h1-3,8H,4-7H2. The lowest BCUT2D eigenvalue weighted by Gasteiger charge is -2.23. The van der Waals surface area contributed by atoms with Crippen LogP contribution in [0.15, 0.2) is 18.2 Å². The van der Waals surface area contributed by atoms with Crippen molar-refractivity contribution in [3.63, 3.8) is 0 Å². The summed E-state index contributed by atoms with van der Waals surface area (Å²) in [6.07, 6.45) is 1.41. The van der Waals surface area contributed by atoms with Crippen LogP contribution in [-0.4, -0.2) is 13.2 Å². The molecule has 1 aliphatic rings. The molecular formula is C11H12F2O. The average Bonchev–Trinajstić information content (AvgIpc) is 2.19. The second-order valence-corrected chi connectivity index (χ2v) is 3.52. The van der Waals surface area contributed by atoms with E-state index in [-0.39, 0.29) is 11.5 Å². The lowest BCUT2D eigenvalue weighted by atomic mass is 9.91. The molecule has 3 heteroatoms. The summed E-state index contributed by atoms with van der Waals surface area (Å²) in [6, 6.07) is 4.02. The topological polar surface area (TPSA) is 9.23 Å². The van der Waals surface area contributed by atoms with Gasteiger partial charge in [0.1, 0.15) is 11.6 Å². The highest BCUT2D eigenvalue weighted by Crippen LogP contribution is 2.30. The van der Waals surface area contributed by atoms with E-state index in [1.54, 1.807) is 0 Å². The molecule has 0 atom stereocenters. The molecule has 2 rings (SSSR count). The van der Waals surface area contributed by atoms with Crippen molar-refractivity contribution in [1.29, 1.82) is 0 Å². The van der Waals surface area contributed by atoms with Gasteiger partial charge in [0.2, 0.25) is 0 Å². The highest BCUT2D eigenvalue weighted by molar-refractivity contribution is 5.24. The van der Waals surface area contributed by atoms with Crippen LogP contribution in [0.5, 0.6) is 0 Å². The molecule has 0 spiro atoms. The van der Waals surface area contributed by atoms with Crippen molar-refractivity contribution < 1.29 is 13.5 Å². The van der Waals surface area contributed by atoms with E-state index in [1.165, 1.54) is 18.2 Å². The fourth-order valence-corrected chi connectivity index (χ4v) is 1.89. The Bertz CT molecular complexity index is 299. The van der Waals surface area contributed by atoms with Crippen molar-refractivity contribution in [3.8, 4) is 0 Å². The summed E-state index contributed by atoms with van der Waals surface area (Å²) in [5, 5.41) is 0. The van der Waals surface area contributed by atoms with Crippen molar-refractivity contribution >= 4 is 0 Å². The molecule has 0 aromatic heterocycles. The predicted octanol–water partition coefficient (Wildman–Crippen LogP) is 2.86. The first-order valence-electron chi connectivity index (χ1n) is 4.80. The molecule has 76 valence electrons. The summed E-state index contributed by atoms with van der Waals surface area (Å²) in [4.78, 5) is 0. The third kappa shape index (κ3) is 1.77. The first-order chi connectivity index (χ1) is 6.79. The largest absolute Gasteiger partial charge is 0.381 e. The van der Waals surface area contributed by atoms with Gasteiger partial charge in [0.05, 0.1) is 0 Å². The van der Waals surface area contributed by atoms with Crippen molar-refractivity contribution in [3.05, 3.63) is 35.4 Å². The quantitative estimate of drug-likeness (QED) is 0.674. The van der Waals surface area contributed by atoms with Gasteiger partial charge in [-0.15, -0.1) is 0 Å². The van der Waals surface area contributed by atoms with Crippen LogP contribution in [0.3, 0.4) is 0 Å². The highest BCUT2D eigenvalue weighted by Gasteiger charge is 2.22. The minimum atomic E-state index is -0.433. The Morgan fingerprint density at radius 1 is 1.07 bits per heavy atom. The summed E-state index contributed by atoms with van der Waals surface area (Å²) in [6.45, 7) is 1.19. The van der Waals surface area contributed by atoms with E-state index >= 15 is 0 Å². The Morgan fingerprint density at radius 2 is 1.64 bits per heavy atom. The molecule has 0 saturated carbocycles. The molecule has 0 radical (unpaired) electrons. The van der Waals surface area contributed by atoms with Gasteiger partial charge >= 0.3 is 0 Å². The molecule has 0 N–H and O–H groups in total. The molecule has 0 aliphatic carbocycles. The van der Waals surface area contributed by atoms with E-state index in [2.05, 4.69) is 0 Å². The van der Waals surface area contributed by atoms with Gasteiger partial charge in [-0.3, -0.25) is 0 Å². The molecule has 1 saturated heterocycles. The minimum absolute atomic E-state index is 0.0232. The maximum atomic E-state index is 13.4. The third-order valence-corrected chi connectivity index (χ3v) is 2.63. The lowest BCUT2D eigenvalue weighted by Crippen LogP contribution is -2.16. The molecule has 1 aliphatic heterocycles. The van der Waals surface area contributed by atoms with Gasteiger partial charge in [0, 0.05) is 18.8 Å². The number of ether oxygens (including phenoxy) is 1. The van der Waals surface area contributed by atoms with Crippen LogP contribution in [0, 0.1) is 11.6 Å². The average molecular weight is 198 g/mol. The molecule has 0 amide bonds. The van der Waals surface area contributed by atoms with Crippen LogP contribution in [0.4, 0.5) is 8.78 Å². The number of hydrogen-bond donors (Lipinski definition) is 0. The third-order valence-electron chi connectivity index (χ3n) is 2.63. The number of hydrogen-bond acceptors (Lipinski definition) is 1. The van der Waals surface area contributed by atoms with Gasteiger partial charge in [-0.25, -0.2) is 8.78 Å². The summed E-state index contributed by atoms with van der Waals surface area (Å²) in [5.74, 6) is -0.890. The Morgan fingerprint density at radius 3 is 2.21 bits per heavy atom. The van der Waals surface area contributed by atoms with Gasteiger partial charge in [-0.2, -0.15) is 0 Å². The first kappa shape index (κ1) is 9.59. The predicted molar refractivity (Wildman–Crippen MR) is 49.2 cm³/mol. The van der Waals surface area contributed by atoms with Crippen molar-refractivity contribution in [2.75, 3.05) is 13.2 Å². The van der Waals surface area contributed by atoms with Crippen molar-refractivity contribution in [2.24, 2.45) is 0 Å². The van der Waals surface area contributed by atoms with Gasteiger partial charge < -0.3 is 4.74 Å². The van der Waals surface area contributed by atoms with E-state index in [9.17, 15) is 8.78 Å². The number of benzene rings is 1. The maximum absolute atomic E-state index is 13.4. The fraction of sp³-hybridized carbons (Fsp3) is 0.455. The van der Waals surface area contributed by atoms with Crippen LogP contribution in [0.1, 0.15) is 24.3 Å². The van der Waals surface area contributed by atoms with E-state index in [1.807, 2.05) is 0 Å². The zero-order valence-corrected chi connectivity index (χ0v) is 7.80. The summed E-state index contributed by atoms with van der Waals surface area (Å²) in [5.41, 5.74) is 0.232. The zero-order chi connectivity index (χ0) is 9.97. The van der Waals surface area contributed by atoms with E-state index in [4.69, 9.17) is 4.74 Å². The van der Waals surface area contributed by atoms with Crippen LogP contribution in [-0.2, 0) is 4.74 Å². The molecule has 1 fully saturated rings. The molecule has 0 unspecified atom stereocenters. The molecular weight excluding hydrogens is 186 g/mol. The van der Waals surface area contributed by atoms with Gasteiger partial charge in [0.25, 0.3) is 0 Å². The van der Waals surface area contributed by atoms with Crippen LogP contribution in [0.25, 0.3) is 0 Å². The SMILES string of the molecule is Fc1cccc(F)c1C1CCOCC1. The second-order valence-electron chi connectivity index (χ2n) is 3.52. The maximum Gasteiger partial charge on any atom is 0.129 e. The van der Waals surface area contributed by atoms with Crippen molar-refractivity contribution in [1.82, 2.24) is 0 Å². The Kier molecular flexibility index (Phi) is 2.77. The molecule has 1 aromatic carbocycles. The smallest absolute Gasteiger partial charge is 0.129 e. The van der Waals surface area contributed by atoms with Crippen molar-refractivity contribution in [2.45, 2.75) is 18.8 Å². The first-order valence-corrected chi connectivity index (χ1v) is 4.80. The second kappa shape index (κ2) is 4.05. The number of rotatable bonds is 1. The number of halogens is 2. The van der Waals surface area contributed by atoms with Gasteiger partial charge in [-0.1, -0.05) is 6.07 Å². The van der Waals surface area contributed by atoms with Crippen LogP contribution in [0.2, 0.25) is 0 Å². The molecule has 1 nitrogen and oxygen atoms in total. The molecule has 14 heavy (non-hydrogen) atoms. The van der Waals surface area contributed by atoms with E-state index < -0.39 is 11.6 Å². The van der Waals surface area contributed by atoms with Crippen LogP contribution >= 0.6 is 0 Å². The van der Waals surface area contributed by atoms with E-state index in [0.29, 0.717) is 26.1 Å². The van der Waals surface area contributed by atoms with Gasteiger partial charge in [0.15, 0.2) is 0 Å². The van der Waals surface area contributed by atoms with Gasteiger partial charge in [-0.05, 0) is 30.9 Å². The summed E-state index contributed by atoms with van der Waals surface area (Å²) >= 11 is 0. The van der Waals surface area contributed by atoms with E-state index in [0.717, 1.165) is 0 Å². The molecule has 1 heterocycles. The monoisotopic (exact) mass is 198 g/mol. The van der Waals surface area contributed by atoms with Crippen LogP contribution < -0.4 is 0 Å². The molecule has 1 aromatic rings. The highest BCUT2D eigenvalue weighted by atomic mass is 19.1. The Labute approximate surface area is 81.7 Å².